The van der Waals surface area contributed by atoms with Crippen molar-refractivity contribution in [3.05, 3.63) is 23.3 Å². The fourth-order valence-corrected chi connectivity index (χ4v) is 3.18. The minimum Gasteiger partial charge on any atom is -0.496 e. The van der Waals surface area contributed by atoms with Crippen molar-refractivity contribution in [3.8, 4) is 5.75 Å². The summed E-state index contributed by atoms with van der Waals surface area (Å²) in [4.78, 5) is 0.273. The fraction of sp³-hybridized carbons (Fsp3) is 0.538. The molecule has 0 amide bonds. The van der Waals surface area contributed by atoms with Gasteiger partial charge in [-0.2, -0.15) is 0 Å². The first-order valence-electron chi connectivity index (χ1n) is 6.18. The maximum absolute atomic E-state index is 12.2. The van der Waals surface area contributed by atoms with E-state index in [0.717, 1.165) is 5.56 Å². The monoisotopic (exact) mass is 287 g/mol. The van der Waals surface area contributed by atoms with E-state index in [9.17, 15) is 8.42 Å². The van der Waals surface area contributed by atoms with Crippen LogP contribution in [0.25, 0.3) is 0 Å². The van der Waals surface area contributed by atoms with Gasteiger partial charge in [-0.3, -0.25) is 0 Å². The summed E-state index contributed by atoms with van der Waals surface area (Å²) < 4.78 is 32.0. The van der Waals surface area contributed by atoms with E-state index in [-0.39, 0.29) is 11.5 Å². The number of benzene rings is 1. The number of aliphatic hydroxyl groups excluding tert-OH is 1. The van der Waals surface area contributed by atoms with Crippen molar-refractivity contribution in [2.45, 2.75) is 31.6 Å². The van der Waals surface area contributed by atoms with Crippen LogP contribution >= 0.6 is 0 Å². The molecule has 5 nitrogen and oxygen atoms in total. The van der Waals surface area contributed by atoms with E-state index in [1.54, 1.807) is 26.2 Å². The van der Waals surface area contributed by atoms with Crippen LogP contribution in [0.15, 0.2) is 17.0 Å². The first kappa shape index (κ1) is 15.9. The van der Waals surface area contributed by atoms with Gasteiger partial charge in [0.15, 0.2) is 0 Å². The van der Waals surface area contributed by atoms with Crippen LogP contribution in [0.5, 0.6) is 5.75 Å². The molecule has 2 N–H and O–H groups in total. The molecule has 1 aromatic rings. The number of hydrogen-bond donors (Lipinski definition) is 2. The summed E-state index contributed by atoms with van der Waals surface area (Å²) in [7, 11) is -1.95. The van der Waals surface area contributed by atoms with E-state index in [4.69, 9.17) is 9.84 Å². The molecular formula is C13H21NO4S. The lowest BCUT2D eigenvalue weighted by Crippen LogP contribution is -2.25. The molecule has 0 saturated carbocycles. The van der Waals surface area contributed by atoms with Gasteiger partial charge in [-0.25, -0.2) is 13.1 Å². The summed E-state index contributed by atoms with van der Waals surface area (Å²) in [6.45, 7) is 3.95. The number of nitrogens with one attached hydrogen (secondary N) is 1. The van der Waals surface area contributed by atoms with Crippen molar-refractivity contribution in [2.75, 3.05) is 20.3 Å². The highest BCUT2D eigenvalue weighted by Gasteiger charge is 2.18. The van der Waals surface area contributed by atoms with Crippen LogP contribution in [-0.4, -0.2) is 33.8 Å². The van der Waals surface area contributed by atoms with Crippen LogP contribution in [0, 0.1) is 13.8 Å². The van der Waals surface area contributed by atoms with Gasteiger partial charge in [0.2, 0.25) is 10.0 Å². The minimum absolute atomic E-state index is 0.0718. The molecule has 0 radical (unpaired) electrons. The number of methoxy groups -OCH3 is 1. The predicted molar refractivity (Wildman–Crippen MR) is 74.0 cm³/mol. The number of unbranched alkanes of at least 4 members (excludes halogenated alkanes) is 1. The number of ether oxygens (including phenoxy) is 1. The summed E-state index contributed by atoms with van der Waals surface area (Å²) in [6.07, 6.45) is 1.20. The molecule has 0 fully saturated rings. The summed E-state index contributed by atoms with van der Waals surface area (Å²) >= 11 is 0. The van der Waals surface area contributed by atoms with E-state index in [0.29, 0.717) is 30.7 Å². The van der Waals surface area contributed by atoms with Crippen LogP contribution in [0.4, 0.5) is 0 Å². The van der Waals surface area contributed by atoms with Crippen molar-refractivity contribution in [3.63, 3.8) is 0 Å². The maximum Gasteiger partial charge on any atom is 0.240 e. The first-order valence-corrected chi connectivity index (χ1v) is 7.66. The topological polar surface area (TPSA) is 75.6 Å². The Morgan fingerprint density at radius 2 is 1.89 bits per heavy atom. The maximum atomic E-state index is 12.2. The molecule has 108 valence electrons. The normalized spacial score (nSPS) is 11.6. The molecule has 1 aromatic carbocycles. The SMILES string of the molecule is COc1cc(C)c(S(=O)(=O)NCCCCO)cc1C. The molecular weight excluding hydrogens is 266 g/mol. The zero-order chi connectivity index (χ0) is 14.5. The van der Waals surface area contributed by atoms with Crippen LogP contribution in [0.2, 0.25) is 0 Å². The molecule has 0 spiro atoms. The lowest BCUT2D eigenvalue weighted by Gasteiger charge is -2.12. The van der Waals surface area contributed by atoms with E-state index in [1.165, 1.54) is 0 Å². The fourth-order valence-electron chi connectivity index (χ4n) is 1.79. The predicted octanol–water partition coefficient (Wildman–Crippen LogP) is 1.36. The highest BCUT2D eigenvalue weighted by atomic mass is 32.2. The Morgan fingerprint density at radius 3 is 2.47 bits per heavy atom. The molecule has 0 aromatic heterocycles. The van der Waals surface area contributed by atoms with Gasteiger partial charge in [-0.1, -0.05) is 0 Å². The van der Waals surface area contributed by atoms with Crippen molar-refractivity contribution < 1.29 is 18.3 Å². The third-order valence-corrected chi connectivity index (χ3v) is 4.46. The smallest absolute Gasteiger partial charge is 0.240 e. The van der Waals surface area contributed by atoms with Crippen LogP contribution in [-0.2, 0) is 10.0 Å². The second-order valence-electron chi connectivity index (χ2n) is 4.42. The highest BCUT2D eigenvalue weighted by molar-refractivity contribution is 7.89. The second-order valence-corrected chi connectivity index (χ2v) is 6.15. The van der Waals surface area contributed by atoms with E-state index < -0.39 is 10.0 Å². The Morgan fingerprint density at radius 1 is 1.21 bits per heavy atom. The number of aryl methyl sites for hydroxylation is 2. The van der Waals surface area contributed by atoms with Gasteiger partial charge in [-0.05, 0) is 49.9 Å². The zero-order valence-corrected chi connectivity index (χ0v) is 12.4. The molecule has 19 heavy (non-hydrogen) atoms. The molecule has 0 aliphatic heterocycles. The first-order chi connectivity index (χ1) is 8.92. The van der Waals surface area contributed by atoms with Crippen molar-refractivity contribution >= 4 is 10.0 Å². The zero-order valence-electron chi connectivity index (χ0n) is 11.6. The lowest BCUT2D eigenvalue weighted by molar-refractivity contribution is 0.285. The lowest BCUT2D eigenvalue weighted by atomic mass is 10.1. The average Bonchev–Trinajstić information content (AvgIpc) is 2.36. The number of hydrogen-bond acceptors (Lipinski definition) is 4. The molecule has 0 aliphatic rings. The average molecular weight is 287 g/mol. The van der Waals surface area contributed by atoms with Gasteiger partial charge in [0.05, 0.1) is 12.0 Å². The molecule has 0 heterocycles. The summed E-state index contributed by atoms with van der Waals surface area (Å²) in [6, 6.07) is 3.33. The standard InChI is InChI=1S/C13H21NO4S/c1-10-9-13(11(2)8-12(10)18-3)19(16,17)14-6-4-5-7-15/h8-9,14-15H,4-7H2,1-3H3. The summed E-state index contributed by atoms with van der Waals surface area (Å²) in [5.41, 5.74) is 1.43. The third kappa shape index (κ3) is 4.19. The van der Waals surface area contributed by atoms with Crippen LogP contribution < -0.4 is 9.46 Å². The number of sulfonamides is 1. The quantitative estimate of drug-likeness (QED) is 0.743. The molecule has 0 unspecified atom stereocenters. The Labute approximate surface area is 114 Å². The van der Waals surface area contributed by atoms with Gasteiger partial charge in [0, 0.05) is 13.2 Å². The molecule has 0 saturated heterocycles. The van der Waals surface area contributed by atoms with Gasteiger partial charge in [0.25, 0.3) is 0 Å². The van der Waals surface area contributed by atoms with E-state index >= 15 is 0 Å². The number of aliphatic hydroxyl groups is 1. The summed E-state index contributed by atoms with van der Waals surface area (Å²) in [5.74, 6) is 0.678. The van der Waals surface area contributed by atoms with E-state index in [1.807, 2.05) is 6.92 Å². The van der Waals surface area contributed by atoms with Crippen molar-refractivity contribution in [1.29, 1.82) is 0 Å². The molecule has 0 atom stereocenters. The minimum atomic E-state index is -3.51. The van der Waals surface area contributed by atoms with Gasteiger partial charge in [0.1, 0.15) is 5.75 Å². The van der Waals surface area contributed by atoms with Crippen LogP contribution in [0.3, 0.4) is 0 Å². The Kier molecular flexibility index (Phi) is 5.78. The van der Waals surface area contributed by atoms with Gasteiger partial charge < -0.3 is 9.84 Å². The van der Waals surface area contributed by atoms with Crippen LogP contribution in [0.1, 0.15) is 24.0 Å². The Balaban J connectivity index is 2.92. The Bertz CT molecular complexity index is 526. The Hall–Kier alpha value is -1.11. The second kappa shape index (κ2) is 6.88. The molecule has 6 heteroatoms. The third-order valence-electron chi connectivity index (χ3n) is 2.86. The van der Waals surface area contributed by atoms with Gasteiger partial charge in [-0.15, -0.1) is 0 Å². The molecule has 0 bridgehead atoms. The highest BCUT2D eigenvalue weighted by Crippen LogP contribution is 2.25. The largest absolute Gasteiger partial charge is 0.496 e. The van der Waals surface area contributed by atoms with Crippen molar-refractivity contribution in [2.24, 2.45) is 0 Å². The molecule has 0 aliphatic carbocycles. The summed E-state index contributed by atoms with van der Waals surface area (Å²) in [5, 5.41) is 8.66. The number of rotatable bonds is 7. The molecule has 1 rings (SSSR count). The van der Waals surface area contributed by atoms with E-state index in [2.05, 4.69) is 4.72 Å². The van der Waals surface area contributed by atoms with Gasteiger partial charge >= 0.3 is 0 Å². The van der Waals surface area contributed by atoms with Crippen molar-refractivity contribution in [1.82, 2.24) is 4.72 Å².